The van der Waals surface area contributed by atoms with E-state index in [1.54, 1.807) is 0 Å². The van der Waals surface area contributed by atoms with Gasteiger partial charge in [-0.3, -0.25) is 9.13 Å². The summed E-state index contributed by atoms with van der Waals surface area (Å²) in [5.41, 5.74) is 7.99. The van der Waals surface area contributed by atoms with E-state index in [9.17, 15) is 0 Å². The Kier molecular flexibility index (Phi) is 3.64. The van der Waals surface area contributed by atoms with E-state index in [4.69, 9.17) is 9.97 Å². The first kappa shape index (κ1) is 17.5. The number of aromatic nitrogens is 4. The first-order valence-corrected chi connectivity index (χ1v) is 11.0. The van der Waals surface area contributed by atoms with Crippen molar-refractivity contribution in [1.29, 1.82) is 0 Å². The lowest BCUT2D eigenvalue weighted by molar-refractivity contribution is 0.963. The molecule has 4 aromatic heterocycles. The molecule has 0 aliphatic heterocycles. The molecule has 2 aromatic carbocycles. The molecule has 0 fully saturated rings. The van der Waals surface area contributed by atoms with E-state index in [-0.39, 0.29) is 0 Å². The quantitative estimate of drug-likeness (QED) is 0.326. The maximum Gasteiger partial charge on any atom is 0.145 e. The van der Waals surface area contributed by atoms with Gasteiger partial charge < -0.3 is 0 Å². The van der Waals surface area contributed by atoms with Crippen LogP contribution in [0.4, 0.5) is 0 Å². The molecule has 4 heterocycles. The van der Waals surface area contributed by atoms with Crippen LogP contribution in [0.25, 0.3) is 50.4 Å². The number of fused-ring (bicyclic) bond motifs is 6. The molecule has 4 nitrogen and oxygen atoms in total. The molecule has 0 spiro atoms. The van der Waals surface area contributed by atoms with Crippen LogP contribution in [0.1, 0.15) is 17.7 Å². The maximum atomic E-state index is 4.76. The molecular formula is C28H20N4. The molecule has 1 aliphatic rings. The van der Waals surface area contributed by atoms with Gasteiger partial charge in [0.15, 0.2) is 0 Å². The highest BCUT2D eigenvalue weighted by molar-refractivity contribution is 6.07. The van der Waals surface area contributed by atoms with Crippen molar-refractivity contribution in [3.8, 4) is 11.4 Å². The van der Waals surface area contributed by atoms with Crippen LogP contribution < -0.4 is 0 Å². The van der Waals surface area contributed by atoms with E-state index in [1.807, 2.05) is 24.5 Å². The second-order valence-corrected chi connectivity index (χ2v) is 8.26. The van der Waals surface area contributed by atoms with Crippen molar-refractivity contribution in [2.45, 2.75) is 12.8 Å². The van der Waals surface area contributed by atoms with E-state index in [2.05, 4.69) is 81.9 Å². The van der Waals surface area contributed by atoms with Crippen molar-refractivity contribution in [3.05, 3.63) is 103 Å². The molecule has 7 rings (SSSR count). The molecular weight excluding hydrogens is 392 g/mol. The monoisotopic (exact) mass is 412 g/mol. The van der Waals surface area contributed by atoms with Crippen molar-refractivity contribution in [3.63, 3.8) is 0 Å². The number of aryl methyl sites for hydroxylation is 1. The fourth-order valence-corrected chi connectivity index (χ4v) is 5.15. The van der Waals surface area contributed by atoms with E-state index in [0.29, 0.717) is 0 Å². The third kappa shape index (κ3) is 2.38. The Hall–Kier alpha value is -4.18. The minimum absolute atomic E-state index is 0.975. The molecule has 32 heavy (non-hydrogen) atoms. The first-order chi connectivity index (χ1) is 15.9. The summed E-state index contributed by atoms with van der Waals surface area (Å²) in [5, 5.41) is 3.63. The molecule has 0 bridgehead atoms. The second-order valence-electron chi connectivity index (χ2n) is 8.26. The fraction of sp³-hybridized carbons (Fsp3) is 0.0714. The molecule has 0 atom stereocenters. The lowest BCUT2D eigenvalue weighted by atomic mass is 10.0. The Morgan fingerprint density at radius 2 is 1.38 bits per heavy atom. The number of benzene rings is 2. The third-order valence-corrected chi connectivity index (χ3v) is 6.49. The topological polar surface area (TPSA) is 35.6 Å². The zero-order valence-corrected chi connectivity index (χ0v) is 17.4. The number of hydrogen-bond acceptors (Lipinski definition) is 2. The molecule has 4 heteroatoms. The summed E-state index contributed by atoms with van der Waals surface area (Å²) < 4.78 is 4.56. The van der Waals surface area contributed by atoms with Gasteiger partial charge in [-0.2, -0.15) is 0 Å². The number of nitrogens with zero attached hydrogens (tertiary/aromatic N) is 4. The van der Waals surface area contributed by atoms with Gasteiger partial charge in [0.1, 0.15) is 11.3 Å². The molecule has 1 aliphatic carbocycles. The SMILES string of the molecule is C1=Cc2c(c3cccnc3n2-c2cccc(-n3c4ccccc4c4cccnc43)c2)CC1. The standard InChI is InChI=1S/C28H20N4/c1-3-14-25-21(10-1)23-12-6-16-29-27(23)31(25)19-8-5-9-20(18-19)32-26-15-4-2-11-22(26)24-13-7-17-30-28(24)32/h1,3-10,12-18H,2,11H2. The lowest BCUT2D eigenvalue weighted by Crippen LogP contribution is -2.02. The van der Waals surface area contributed by atoms with E-state index in [1.165, 1.54) is 27.4 Å². The summed E-state index contributed by atoms with van der Waals surface area (Å²) in [4.78, 5) is 9.50. The van der Waals surface area contributed by atoms with Gasteiger partial charge in [-0.15, -0.1) is 0 Å². The van der Waals surface area contributed by atoms with E-state index in [0.717, 1.165) is 41.0 Å². The van der Waals surface area contributed by atoms with Crippen LogP contribution >= 0.6 is 0 Å². The molecule has 0 unspecified atom stereocenters. The van der Waals surface area contributed by atoms with E-state index >= 15 is 0 Å². The predicted molar refractivity (Wildman–Crippen MR) is 131 cm³/mol. The molecule has 152 valence electrons. The Morgan fingerprint density at radius 1 is 0.656 bits per heavy atom. The lowest BCUT2D eigenvalue weighted by Gasteiger charge is -2.14. The van der Waals surface area contributed by atoms with Gasteiger partial charge in [0.2, 0.25) is 0 Å². The van der Waals surface area contributed by atoms with Gasteiger partial charge in [0, 0.05) is 39.9 Å². The maximum absolute atomic E-state index is 4.76. The zero-order chi connectivity index (χ0) is 21.1. The van der Waals surface area contributed by atoms with Crippen LogP contribution in [0, 0.1) is 0 Å². The van der Waals surface area contributed by atoms with E-state index < -0.39 is 0 Å². The minimum atomic E-state index is 0.975. The highest BCUT2D eigenvalue weighted by atomic mass is 15.1. The van der Waals surface area contributed by atoms with Gasteiger partial charge in [0.05, 0.1) is 11.2 Å². The average Bonchev–Trinajstić information content (AvgIpc) is 3.37. The summed E-state index contributed by atoms with van der Waals surface area (Å²) in [6.45, 7) is 0. The van der Waals surface area contributed by atoms with Crippen LogP contribution in [-0.2, 0) is 6.42 Å². The molecule has 0 amide bonds. The zero-order valence-electron chi connectivity index (χ0n) is 17.4. The normalized spacial score (nSPS) is 13.2. The number of rotatable bonds is 2. The summed E-state index contributed by atoms with van der Waals surface area (Å²) >= 11 is 0. The van der Waals surface area contributed by atoms with Crippen LogP contribution in [0.2, 0.25) is 0 Å². The second kappa shape index (κ2) is 6.66. The van der Waals surface area contributed by atoms with Crippen LogP contribution in [0.15, 0.2) is 91.3 Å². The van der Waals surface area contributed by atoms with Crippen LogP contribution in [0.5, 0.6) is 0 Å². The molecule has 0 saturated heterocycles. The fourth-order valence-electron chi connectivity index (χ4n) is 5.15. The van der Waals surface area contributed by atoms with Crippen molar-refractivity contribution >= 4 is 39.0 Å². The molecule has 0 N–H and O–H groups in total. The summed E-state index contributed by atoms with van der Waals surface area (Å²) in [6.07, 6.45) is 10.4. The Morgan fingerprint density at radius 3 is 2.25 bits per heavy atom. The largest absolute Gasteiger partial charge is 0.294 e. The van der Waals surface area contributed by atoms with Crippen LogP contribution in [-0.4, -0.2) is 19.1 Å². The molecule has 6 aromatic rings. The number of pyridine rings is 2. The van der Waals surface area contributed by atoms with Crippen LogP contribution in [0.3, 0.4) is 0 Å². The first-order valence-electron chi connectivity index (χ1n) is 11.0. The van der Waals surface area contributed by atoms with Gasteiger partial charge in [-0.1, -0.05) is 30.3 Å². The third-order valence-electron chi connectivity index (χ3n) is 6.49. The molecule has 0 saturated carbocycles. The van der Waals surface area contributed by atoms with Gasteiger partial charge in [-0.05, 0) is 73.0 Å². The number of hydrogen-bond donors (Lipinski definition) is 0. The van der Waals surface area contributed by atoms with Gasteiger partial charge >= 0.3 is 0 Å². The highest BCUT2D eigenvalue weighted by Gasteiger charge is 2.20. The predicted octanol–water partition coefficient (Wildman–Crippen LogP) is 6.48. The summed E-state index contributed by atoms with van der Waals surface area (Å²) in [6, 6.07) is 25.6. The molecule has 0 radical (unpaired) electrons. The van der Waals surface area contributed by atoms with Gasteiger partial charge in [-0.25, -0.2) is 9.97 Å². The van der Waals surface area contributed by atoms with Crippen molar-refractivity contribution in [2.75, 3.05) is 0 Å². The minimum Gasteiger partial charge on any atom is -0.294 e. The average molecular weight is 412 g/mol. The van der Waals surface area contributed by atoms with Crippen molar-refractivity contribution in [1.82, 2.24) is 19.1 Å². The van der Waals surface area contributed by atoms with Crippen molar-refractivity contribution in [2.24, 2.45) is 0 Å². The smallest absolute Gasteiger partial charge is 0.145 e. The highest BCUT2D eigenvalue weighted by Crippen LogP contribution is 2.35. The Labute approximate surface area is 185 Å². The number of para-hydroxylation sites is 1. The number of allylic oxidation sites excluding steroid dienone is 1. The Balaban J connectivity index is 1.53. The Bertz CT molecular complexity index is 1630. The van der Waals surface area contributed by atoms with Crippen molar-refractivity contribution < 1.29 is 0 Å². The summed E-state index contributed by atoms with van der Waals surface area (Å²) in [7, 11) is 0. The van der Waals surface area contributed by atoms with Gasteiger partial charge in [0.25, 0.3) is 0 Å². The summed E-state index contributed by atoms with van der Waals surface area (Å²) in [5.74, 6) is 0.